The van der Waals surface area contributed by atoms with E-state index in [4.69, 9.17) is 13.9 Å². The summed E-state index contributed by atoms with van der Waals surface area (Å²) < 4.78 is 43.8. The van der Waals surface area contributed by atoms with Gasteiger partial charge in [0.25, 0.3) is 0 Å². The number of hydrogen-bond acceptors (Lipinski definition) is 7. The average Bonchev–Trinajstić information content (AvgIpc) is 3.03. The fourth-order valence-electron chi connectivity index (χ4n) is 3.34. The summed E-state index contributed by atoms with van der Waals surface area (Å²) in [5, 5.41) is 0. The van der Waals surface area contributed by atoms with E-state index in [0.717, 1.165) is 0 Å². The van der Waals surface area contributed by atoms with Gasteiger partial charge in [0, 0.05) is 32.2 Å². The summed E-state index contributed by atoms with van der Waals surface area (Å²) >= 11 is 0. The summed E-state index contributed by atoms with van der Waals surface area (Å²) in [6.45, 7) is 2.97. The highest BCUT2D eigenvalue weighted by molar-refractivity contribution is 7.89. The van der Waals surface area contributed by atoms with Crippen molar-refractivity contribution in [1.82, 2.24) is 13.8 Å². The Labute approximate surface area is 161 Å². The Balaban J connectivity index is 1.61. The van der Waals surface area contributed by atoms with E-state index < -0.39 is 15.8 Å². The number of sulfonamides is 1. The minimum absolute atomic E-state index is 0.0438. The summed E-state index contributed by atoms with van der Waals surface area (Å²) in [7, 11) is -3.70. The second kappa shape index (κ2) is 7.66. The SMILES string of the molecule is O=C(Cn1c(=O)oc2cc(S(=O)(=O)N3CCOCC3)ccc21)N1CCOCC1. The Morgan fingerprint density at radius 1 is 1.00 bits per heavy atom. The van der Waals surface area contributed by atoms with Crippen molar-refractivity contribution in [3.63, 3.8) is 0 Å². The molecule has 0 aliphatic carbocycles. The molecule has 0 spiro atoms. The smallest absolute Gasteiger partial charge is 0.408 e. The maximum atomic E-state index is 12.8. The van der Waals surface area contributed by atoms with Gasteiger partial charge in [-0.1, -0.05) is 0 Å². The standard InChI is InChI=1S/C17H21N3O7S/c21-16(18-3-7-25-8-4-18)12-20-14-2-1-13(11-15(14)27-17(20)22)28(23,24)19-5-9-26-10-6-19/h1-2,11H,3-10,12H2. The zero-order valence-corrected chi connectivity index (χ0v) is 16.0. The highest BCUT2D eigenvalue weighted by Crippen LogP contribution is 2.22. The van der Waals surface area contributed by atoms with Crippen molar-refractivity contribution in [2.45, 2.75) is 11.4 Å². The van der Waals surface area contributed by atoms with Gasteiger partial charge in [-0.25, -0.2) is 13.2 Å². The lowest BCUT2D eigenvalue weighted by atomic mass is 10.3. The third kappa shape index (κ3) is 3.58. The van der Waals surface area contributed by atoms with Crippen LogP contribution in [0.5, 0.6) is 0 Å². The average molecular weight is 411 g/mol. The topological polar surface area (TPSA) is 111 Å². The molecule has 152 valence electrons. The number of aromatic nitrogens is 1. The maximum Gasteiger partial charge on any atom is 0.420 e. The minimum Gasteiger partial charge on any atom is -0.408 e. The van der Waals surface area contributed by atoms with Crippen LogP contribution in [0.2, 0.25) is 0 Å². The molecule has 10 nitrogen and oxygen atoms in total. The van der Waals surface area contributed by atoms with Gasteiger partial charge < -0.3 is 18.8 Å². The van der Waals surface area contributed by atoms with Crippen molar-refractivity contribution in [3.05, 3.63) is 28.7 Å². The molecule has 1 aromatic heterocycles. The monoisotopic (exact) mass is 411 g/mol. The van der Waals surface area contributed by atoms with Crippen LogP contribution in [-0.4, -0.2) is 80.7 Å². The number of morpholine rings is 2. The first-order chi connectivity index (χ1) is 13.5. The fraction of sp³-hybridized carbons (Fsp3) is 0.529. The number of carbonyl (C=O) groups excluding carboxylic acids is 1. The van der Waals surface area contributed by atoms with E-state index in [9.17, 15) is 18.0 Å². The number of amides is 1. The van der Waals surface area contributed by atoms with Gasteiger partial charge in [-0.15, -0.1) is 0 Å². The molecule has 2 saturated heterocycles. The largest absolute Gasteiger partial charge is 0.420 e. The number of oxazole rings is 1. The molecule has 1 amide bonds. The summed E-state index contributed by atoms with van der Waals surface area (Å²) in [6, 6.07) is 4.26. The lowest BCUT2D eigenvalue weighted by molar-refractivity contribution is -0.135. The quantitative estimate of drug-likeness (QED) is 0.665. The first-order valence-corrected chi connectivity index (χ1v) is 10.5. The van der Waals surface area contributed by atoms with Crippen LogP contribution in [0.15, 0.2) is 32.3 Å². The van der Waals surface area contributed by atoms with Crippen LogP contribution < -0.4 is 5.76 Å². The Hall–Kier alpha value is -2.21. The number of benzene rings is 1. The second-order valence-electron chi connectivity index (χ2n) is 6.59. The first-order valence-electron chi connectivity index (χ1n) is 9.03. The molecule has 0 radical (unpaired) electrons. The maximum absolute atomic E-state index is 12.8. The number of rotatable bonds is 4. The van der Waals surface area contributed by atoms with E-state index in [1.807, 2.05) is 0 Å². The molecule has 3 heterocycles. The van der Waals surface area contributed by atoms with Crippen LogP contribution in [0.1, 0.15) is 0 Å². The van der Waals surface area contributed by atoms with Gasteiger partial charge >= 0.3 is 5.76 Å². The van der Waals surface area contributed by atoms with Crippen molar-refractivity contribution < 1.29 is 27.1 Å². The van der Waals surface area contributed by atoms with Crippen LogP contribution in [0.3, 0.4) is 0 Å². The molecule has 0 bridgehead atoms. The predicted molar refractivity (Wildman–Crippen MR) is 97.5 cm³/mol. The van der Waals surface area contributed by atoms with Crippen molar-refractivity contribution in [2.24, 2.45) is 0 Å². The third-order valence-corrected chi connectivity index (χ3v) is 6.80. The zero-order valence-electron chi connectivity index (χ0n) is 15.2. The first kappa shape index (κ1) is 19.1. The normalized spacial score (nSPS) is 19.2. The third-order valence-electron chi connectivity index (χ3n) is 4.90. The fourth-order valence-corrected chi connectivity index (χ4v) is 4.76. The van der Waals surface area contributed by atoms with E-state index in [2.05, 4.69) is 0 Å². The van der Waals surface area contributed by atoms with Gasteiger partial charge in [0.05, 0.1) is 36.8 Å². The van der Waals surface area contributed by atoms with Gasteiger partial charge in [-0.05, 0) is 12.1 Å². The molecular weight excluding hydrogens is 390 g/mol. The molecule has 2 aliphatic heterocycles. The van der Waals surface area contributed by atoms with Gasteiger partial charge in [0.15, 0.2) is 5.58 Å². The number of nitrogens with zero attached hydrogens (tertiary/aromatic N) is 3. The molecule has 4 rings (SSSR count). The Bertz CT molecular complexity index is 1030. The van der Waals surface area contributed by atoms with E-state index in [1.54, 1.807) is 4.90 Å². The Morgan fingerprint density at radius 2 is 1.64 bits per heavy atom. The second-order valence-corrected chi connectivity index (χ2v) is 8.53. The van der Waals surface area contributed by atoms with Crippen LogP contribution in [0, 0.1) is 0 Å². The van der Waals surface area contributed by atoms with E-state index in [1.165, 1.54) is 27.1 Å². The highest BCUT2D eigenvalue weighted by atomic mass is 32.2. The van der Waals surface area contributed by atoms with Crippen LogP contribution in [-0.2, 0) is 30.8 Å². The van der Waals surface area contributed by atoms with Crippen LogP contribution in [0.25, 0.3) is 11.1 Å². The summed E-state index contributed by atoms with van der Waals surface area (Å²) in [6.07, 6.45) is 0. The molecular formula is C17H21N3O7S. The van der Waals surface area contributed by atoms with Crippen molar-refractivity contribution in [1.29, 1.82) is 0 Å². The molecule has 0 atom stereocenters. The van der Waals surface area contributed by atoms with Crippen molar-refractivity contribution in [2.75, 3.05) is 52.6 Å². The van der Waals surface area contributed by atoms with Gasteiger partial charge in [0.1, 0.15) is 6.54 Å². The molecule has 0 unspecified atom stereocenters. The van der Waals surface area contributed by atoms with E-state index in [0.29, 0.717) is 45.0 Å². The van der Waals surface area contributed by atoms with Gasteiger partial charge in [0.2, 0.25) is 15.9 Å². The zero-order chi connectivity index (χ0) is 19.7. The minimum atomic E-state index is -3.70. The molecule has 28 heavy (non-hydrogen) atoms. The Morgan fingerprint density at radius 3 is 2.32 bits per heavy atom. The van der Waals surface area contributed by atoms with Gasteiger partial charge in [-0.3, -0.25) is 9.36 Å². The van der Waals surface area contributed by atoms with E-state index >= 15 is 0 Å². The molecule has 2 fully saturated rings. The predicted octanol–water partition coefficient (Wildman–Crippen LogP) is -0.526. The summed E-state index contributed by atoms with van der Waals surface area (Å²) in [5.74, 6) is -0.907. The molecule has 2 aromatic rings. The number of ether oxygens (including phenoxy) is 2. The summed E-state index contributed by atoms with van der Waals surface area (Å²) in [5.41, 5.74) is 0.515. The number of fused-ring (bicyclic) bond motifs is 1. The molecule has 11 heteroatoms. The highest BCUT2D eigenvalue weighted by Gasteiger charge is 2.27. The molecule has 1 aromatic carbocycles. The Kier molecular flexibility index (Phi) is 5.23. The lowest BCUT2D eigenvalue weighted by Crippen LogP contribution is -2.43. The van der Waals surface area contributed by atoms with Crippen molar-refractivity contribution in [3.8, 4) is 0 Å². The molecule has 0 saturated carbocycles. The van der Waals surface area contributed by atoms with Crippen LogP contribution in [0.4, 0.5) is 0 Å². The van der Waals surface area contributed by atoms with E-state index in [-0.39, 0.29) is 36.0 Å². The van der Waals surface area contributed by atoms with Crippen molar-refractivity contribution >= 4 is 27.0 Å². The lowest BCUT2D eigenvalue weighted by Gasteiger charge is -2.26. The molecule has 0 N–H and O–H groups in total. The number of hydrogen-bond donors (Lipinski definition) is 0. The van der Waals surface area contributed by atoms with Gasteiger partial charge in [-0.2, -0.15) is 4.31 Å². The summed E-state index contributed by atoms with van der Waals surface area (Å²) in [4.78, 5) is 26.4. The van der Waals surface area contributed by atoms with Crippen LogP contribution >= 0.6 is 0 Å². The number of carbonyl (C=O) groups is 1. The molecule has 2 aliphatic rings.